The Bertz CT molecular complexity index is 960. The monoisotopic (exact) mass is 466 g/mol. The van der Waals surface area contributed by atoms with Crippen molar-refractivity contribution in [3.63, 3.8) is 0 Å². The third-order valence-corrected chi connectivity index (χ3v) is 4.43. The molecule has 0 atom stereocenters. The van der Waals surface area contributed by atoms with Gasteiger partial charge in [-0.05, 0) is 35.4 Å². The Kier molecular flexibility index (Phi) is 8.89. The number of carboxylic acid groups (broad SMARTS) is 2. The third kappa shape index (κ3) is 7.93. The van der Waals surface area contributed by atoms with Gasteiger partial charge in [0, 0.05) is 0 Å². The maximum atomic E-state index is 10.5. The molecule has 0 aromatic heterocycles. The number of carbonyl (C=O) groups is 2. The molecule has 0 fully saturated rings. The number of hydrogen-bond donors (Lipinski definition) is 2. The Morgan fingerprint density at radius 2 is 1.00 bits per heavy atom. The molecule has 0 heterocycles. The van der Waals surface area contributed by atoms with Crippen LogP contribution in [0.25, 0.3) is 0 Å². The zero-order chi connectivity index (χ0) is 20.1. The van der Waals surface area contributed by atoms with Crippen LogP contribution < -0.4 is 10.2 Å². The molecule has 0 saturated carbocycles. The first-order chi connectivity index (χ1) is 11.8. The number of rotatable bonds is 4. The van der Waals surface area contributed by atoms with Gasteiger partial charge in [0.1, 0.15) is 0 Å². The number of benzene rings is 2. The van der Waals surface area contributed by atoms with Crippen molar-refractivity contribution in [1.29, 1.82) is 0 Å². The minimum Gasteiger partial charge on any atom is -0.545 e. The van der Waals surface area contributed by atoms with Crippen molar-refractivity contribution in [3.05, 3.63) is 59.7 Å². The molecule has 0 aliphatic rings. The summed E-state index contributed by atoms with van der Waals surface area (Å²) in [6.07, 6.45) is 0. The maximum Gasteiger partial charge on any atom is 2.00 e. The van der Waals surface area contributed by atoms with Crippen LogP contribution in [-0.4, -0.2) is 37.9 Å². The summed E-state index contributed by atoms with van der Waals surface area (Å²) in [4.78, 5) is 19.7. The van der Waals surface area contributed by atoms with Gasteiger partial charge in [0.25, 0.3) is 20.2 Å². The van der Waals surface area contributed by atoms with Crippen molar-refractivity contribution in [2.75, 3.05) is 0 Å². The zero-order valence-corrected chi connectivity index (χ0v) is 17.9. The molecular formula is C14H10O10S2Zn. The predicted molar refractivity (Wildman–Crippen MR) is 81.2 cm³/mol. The number of aromatic carboxylic acids is 2. The fourth-order valence-electron chi connectivity index (χ4n) is 1.57. The average Bonchev–Trinajstić information content (AvgIpc) is 2.54. The van der Waals surface area contributed by atoms with Gasteiger partial charge in [-0.15, -0.1) is 0 Å². The second-order valence-corrected chi connectivity index (χ2v) is 7.42. The molecular weight excluding hydrogens is 458 g/mol. The molecule has 0 bridgehead atoms. The number of carboxylic acids is 2. The molecule has 0 amide bonds. The van der Waals surface area contributed by atoms with E-state index in [9.17, 15) is 36.6 Å². The van der Waals surface area contributed by atoms with Gasteiger partial charge >= 0.3 is 19.5 Å². The van der Waals surface area contributed by atoms with Crippen molar-refractivity contribution in [1.82, 2.24) is 0 Å². The molecule has 2 rings (SSSR count). The van der Waals surface area contributed by atoms with E-state index in [0.717, 1.165) is 24.3 Å². The van der Waals surface area contributed by atoms with E-state index in [2.05, 4.69) is 0 Å². The van der Waals surface area contributed by atoms with Crippen LogP contribution in [0.3, 0.4) is 0 Å². The van der Waals surface area contributed by atoms with E-state index >= 15 is 0 Å². The molecule has 0 radical (unpaired) electrons. The van der Waals surface area contributed by atoms with E-state index in [1.165, 1.54) is 24.3 Å². The first-order valence-electron chi connectivity index (χ1n) is 6.40. The molecule has 0 aliphatic carbocycles. The summed E-state index contributed by atoms with van der Waals surface area (Å²) in [6, 6.07) is 8.56. The first-order valence-corrected chi connectivity index (χ1v) is 9.28. The SMILES string of the molecule is O=C([O-])c1cccc(S(=O)(=O)O)c1.O=C([O-])c1cccc(S(=O)(=O)O)c1.[Zn+2]. The van der Waals surface area contributed by atoms with E-state index in [1.807, 2.05) is 0 Å². The molecule has 0 aliphatic heterocycles. The molecule has 2 aromatic rings. The third-order valence-electron chi connectivity index (χ3n) is 2.74. The molecule has 27 heavy (non-hydrogen) atoms. The van der Waals surface area contributed by atoms with Crippen LogP contribution in [0.2, 0.25) is 0 Å². The van der Waals surface area contributed by atoms with Gasteiger partial charge in [-0.25, -0.2) is 0 Å². The molecule has 2 N–H and O–H groups in total. The minimum absolute atomic E-state index is 0. The first kappa shape index (κ1) is 24.8. The van der Waals surface area contributed by atoms with Crippen LogP contribution >= 0.6 is 0 Å². The molecule has 0 unspecified atom stereocenters. The van der Waals surface area contributed by atoms with Gasteiger partial charge in [-0.1, -0.05) is 24.3 Å². The van der Waals surface area contributed by atoms with Crippen LogP contribution in [0, 0.1) is 0 Å². The minimum atomic E-state index is -4.35. The van der Waals surface area contributed by atoms with Gasteiger partial charge in [0.2, 0.25) is 0 Å². The van der Waals surface area contributed by atoms with E-state index in [1.54, 1.807) is 0 Å². The Morgan fingerprint density at radius 3 is 1.22 bits per heavy atom. The largest absolute Gasteiger partial charge is 2.00 e. The van der Waals surface area contributed by atoms with Crippen molar-refractivity contribution >= 4 is 32.2 Å². The van der Waals surface area contributed by atoms with Gasteiger partial charge in [0.05, 0.1) is 21.7 Å². The van der Waals surface area contributed by atoms with Gasteiger partial charge in [-0.3, -0.25) is 9.11 Å². The van der Waals surface area contributed by atoms with E-state index in [0.29, 0.717) is 0 Å². The summed E-state index contributed by atoms with van der Waals surface area (Å²) >= 11 is 0. The van der Waals surface area contributed by atoms with E-state index in [-0.39, 0.29) is 30.6 Å². The van der Waals surface area contributed by atoms with Gasteiger partial charge < -0.3 is 19.8 Å². The second-order valence-electron chi connectivity index (χ2n) is 4.58. The molecule has 13 heteroatoms. The summed E-state index contributed by atoms with van der Waals surface area (Å²) < 4.78 is 59.3. The Morgan fingerprint density at radius 1 is 0.704 bits per heavy atom. The van der Waals surface area contributed by atoms with E-state index in [4.69, 9.17) is 9.11 Å². The van der Waals surface area contributed by atoms with Crippen molar-refractivity contribution in [2.24, 2.45) is 0 Å². The Balaban J connectivity index is 0.000000483. The normalized spacial score (nSPS) is 10.7. The van der Waals surface area contributed by atoms with Gasteiger partial charge in [-0.2, -0.15) is 16.8 Å². The van der Waals surface area contributed by atoms with Crippen LogP contribution in [0.5, 0.6) is 0 Å². The molecule has 2 aromatic carbocycles. The van der Waals surface area contributed by atoms with Crippen LogP contribution in [0.15, 0.2) is 58.3 Å². The predicted octanol–water partition coefficient (Wildman–Crippen LogP) is -1.41. The summed E-state index contributed by atoms with van der Waals surface area (Å²) in [7, 11) is -8.70. The standard InChI is InChI=1S/2C7H6O5S.Zn/c2*8-7(9)5-2-1-3-6(4-5)13(10,11)12;/h2*1-4H,(H,8,9)(H,10,11,12);/q;;+2/p-2. The van der Waals surface area contributed by atoms with Crippen molar-refractivity contribution in [2.45, 2.75) is 9.79 Å². The second kappa shape index (κ2) is 9.67. The van der Waals surface area contributed by atoms with Crippen LogP contribution in [0.4, 0.5) is 0 Å². The van der Waals surface area contributed by atoms with Gasteiger partial charge in [0.15, 0.2) is 0 Å². The summed E-state index contributed by atoms with van der Waals surface area (Å²) in [5.74, 6) is -2.99. The Labute approximate surface area is 166 Å². The topological polar surface area (TPSA) is 189 Å². The summed E-state index contributed by atoms with van der Waals surface area (Å²) in [5, 5.41) is 20.6. The number of hydrogen-bond acceptors (Lipinski definition) is 8. The van der Waals surface area contributed by atoms with Crippen molar-refractivity contribution < 1.29 is 65.2 Å². The van der Waals surface area contributed by atoms with Crippen molar-refractivity contribution in [3.8, 4) is 0 Å². The maximum absolute atomic E-state index is 10.5. The average molecular weight is 468 g/mol. The van der Waals surface area contributed by atoms with Crippen LogP contribution in [-0.2, 0) is 39.7 Å². The smallest absolute Gasteiger partial charge is 0.545 e. The molecule has 0 spiro atoms. The summed E-state index contributed by atoms with van der Waals surface area (Å²) in [5.41, 5.74) is -0.592. The zero-order valence-electron chi connectivity index (χ0n) is 13.3. The molecule has 10 nitrogen and oxygen atoms in total. The fraction of sp³-hybridized carbons (Fsp3) is 0. The molecule has 0 saturated heterocycles. The summed E-state index contributed by atoms with van der Waals surface area (Å²) in [6.45, 7) is 0. The van der Waals surface area contributed by atoms with E-state index < -0.39 is 42.0 Å². The fourth-order valence-corrected chi connectivity index (χ4v) is 2.62. The Hall–Kier alpha value is -2.18. The quantitative estimate of drug-likeness (QED) is 0.399. The number of carbonyl (C=O) groups excluding carboxylic acids is 2. The molecule has 140 valence electrons. The van der Waals surface area contributed by atoms with Crippen LogP contribution in [0.1, 0.15) is 20.7 Å².